The van der Waals surface area contributed by atoms with E-state index in [1.807, 2.05) is 0 Å². The van der Waals surface area contributed by atoms with Crippen LogP contribution in [0.4, 0.5) is 0 Å². The van der Waals surface area contributed by atoms with Crippen molar-refractivity contribution in [1.82, 2.24) is 0 Å². The van der Waals surface area contributed by atoms with E-state index in [9.17, 15) is 0 Å². The largest absolute Gasteiger partial charge is 0.0590 e. The molecular weight excluding hydrogens is 132 g/mol. The molecule has 0 fully saturated rings. The quantitative estimate of drug-likeness (QED) is 0.572. The van der Waals surface area contributed by atoms with Gasteiger partial charge in [-0.2, -0.15) is 0 Å². The number of aryl methyl sites for hydroxylation is 2. The van der Waals surface area contributed by atoms with Crippen LogP contribution in [0.3, 0.4) is 0 Å². The second kappa shape index (κ2) is 3.08. The summed E-state index contributed by atoms with van der Waals surface area (Å²) in [4.78, 5) is 0. The Balaban J connectivity index is 3.09. The standard InChI is InChI=1S/C11H16/c1-8(2)11-6-5-9(3)7-10(11)4/h5-8H,1-4H3. The minimum atomic E-state index is 0.649. The molecule has 0 saturated heterocycles. The summed E-state index contributed by atoms with van der Waals surface area (Å²) in [6, 6.07) is 6.66. The molecule has 1 aromatic carbocycles. The maximum absolute atomic E-state index is 2.25. The summed E-state index contributed by atoms with van der Waals surface area (Å²) in [7, 11) is 0. The van der Waals surface area contributed by atoms with Crippen molar-refractivity contribution in [2.24, 2.45) is 0 Å². The zero-order chi connectivity index (χ0) is 8.43. The van der Waals surface area contributed by atoms with E-state index in [2.05, 4.69) is 45.9 Å². The first-order valence-corrected chi connectivity index (χ1v) is 4.18. The first-order chi connectivity index (χ1) is 5.11. The number of benzene rings is 1. The van der Waals surface area contributed by atoms with Crippen molar-refractivity contribution in [2.75, 3.05) is 0 Å². The van der Waals surface area contributed by atoms with Crippen LogP contribution in [0.1, 0.15) is 36.5 Å². The van der Waals surface area contributed by atoms with Gasteiger partial charge in [0.2, 0.25) is 0 Å². The highest BCUT2D eigenvalue weighted by atomic mass is 14.1. The normalized spacial score (nSPS) is 10.6. The van der Waals surface area contributed by atoms with Gasteiger partial charge in [-0.3, -0.25) is 0 Å². The zero-order valence-electron chi connectivity index (χ0n) is 7.81. The van der Waals surface area contributed by atoms with Crippen molar-refractivity contribution < 1.29 is 0 Å². The average Bonchev–Trinajstić information content (AvgIpc) is 1.85. The van der Waals surface area contributed by atoms with Gasteiger partial charge in [0.25, 0.3) is 0 Å². The van der Waals surface area contributed by atoms with Crippen LogP contribution in [0.2, 0.25) is 0 Å². The van der Waals surface area contributed by atoms with Gasteiger partial charge in [-0.25, -0.2) is 0 Å². The van der Waals surface area contributed by atoms with Crippen LogP contribution < -0.4 is 0 Å². The lowest BCUT2D eigenvalue weighted by Gasteiger charge is -2.09. The third-order valence-electron chi connectivity index (χ3n) is 2.05. The lowest BCUT2D eigenvalue weighted by atomic mass is 9.97. The molecule has 0 aliphatic carbocycles. The highest BCUT2D eigenvalue weighted by Gasteiger charge is 2.01. The Kier molecular flexibility index (Phi) is 2.33. The molecule has 0 amide bonds. The monoisotopic (exact) mass is 148 g/mol. The molecule has 0 nitrogen and oxygen atoms in total. The molecule has 0 spiro atoms. The molecule has 0 atom stereocenters. The van der Waals surface area contributed by atoms with Crippen LogP contribution in [0.5, 0.6) is 0 Å². The molecule has 0 heteroatoms. The Morgan fingerprint density at radius 2 is 1.73 bits per heavy atom. The maximum atomic E-state index is 2.25. The third-order valence-corrected chi connectivity index (χ3v) is 2.05. The van der Waals surface area contributed by atoms with Crippen molar-refractivity contribution in [3.05, 3.63) is 34.9 Å². The Bertz CT molecular complexity index is 246. The molecule has 0 radical (unpaired) electrons. The second-order valence-electron chi connectivity index (χ2n) is 3.51. The van der Waals surface area contributed by atoms with E-state index in [1.165, 1.54) is 16.7 Å². The second-order valence-corrected chi connectivity index (χ2v) is 3.51. The first-order valence-electron chi connectivity index (χ1n) is 4.18. The van der Waals surface area contributed by atoms with E-state index in [0.29, 0.717) is 5.92 Å². The van der Waals surface area contributed by atoms with Crippen LogP contribution in [-0.4, -0.2) is 0 Å². The van der Waals surface area contributed by atoms with Gasteiger partial charge in [-0.1, -0.05) is 37.6 Å². The highest BCUT2D eigenvalue weighted by molar-refractivity contribution is 5.32. The molecule has 0 aromatic heterocycles. The number of hydrogen-bond acceptors (Lipinski definition) is 0. The average molecular weight is 148 g/mol. The fraction of sp³-hybridized carbons (Fsp3) is 0.455. The van der Waals surface area contributed by atoms with Crippen LogP contribution in [-0.2, 0) is 0 Å². The van der Waals surface area contributed by atoms with Gasteiger partial charge in [-0.05, 0) is 30.9 Å². The van der Waals surface area contributed by atoms with Gasteiger partial charge in [0.15, 0.2) is 0 Å². The van der Waals surface area contributed by atoms with Gasteiger partial charge in [0.05, 0.1) is 0 Å². The van der Waals surface area contributed by atoms with Crippen LogP contribution in [0.25, 0.3) is 0 Å². The Hall–Kier alpha value is -0.780. The van der Waals surface area contributed by atoms with Crippen LogP contribution in [0, 0.1) is 13.8 Å². The molecule has 0 heterocycles. The summed E-state index contributed by atoms with van der Waals surface area (Å²) in [6.45, 7) is 8.79. The first kappa shape index (κ1) is 8.32. The number of hydrogen-bond donors (Lipinski definition) is 0. The Morgan fingerprint density at radius 1 is 1.09 bits per heavy atom. The molecule has 0 aliphatic rings. The van der Waals surface area contributed by atoms with E-state index < -0.39 is 0 Å². The highest BCUT2D eigenvalue weighted by Crippen LogP contribution is 2.19. The smallest absolute Gasteiger partial charge is 0.0216 e. The summed E-state index contributed by atoms with van der Waals surface area (Å²) in [5, 5.41) is 0. The maximum Gasteiger partial charge on any atom is -0.0216 e. The Morgan fingerprint density at radius 3 is 2.18 bits per heavy atom. The molecule has 0 aliphatic heterocycles. The summed E-state index contributed by atoms with van der Waals surface area (Å²) >= 11 is 0. The number of rotatable bonds is 1. The summed E-state index contributed by atoms with van der Waals surface area (Å²) in [6.07, 6.45) is 0. The molecule has 0 saturated carbocycles. The molecule has 11 heavy (non-hydrogen) atoms. The van der Waals surface area contributed by atoms with E-state index in [1.54, 1.807) is 0 Å². The predicted molar refractivity (Wildman–Crippen MR) is 50.0 cm³/mol. The third kappa shape index (κ3) is 1.83. The minimum Gasteiger partial charge on any atom is -0.0590 e. The fourth-order valence-electron chi connectivity index (χ4n) is 1.47. The Labute approximate surface area is 69.3 Å². The van der Waals surface area contributed by atoms with Crippen molar-refractivity contribution >= 4 is 0 Å². The minimum absolute atomic E-state index is 0.649. The molecule has 0 unspecified atom stereocenters. The van der Waals surface area contributed by atoms with Gasteiger partial charge >= 0.3 is 0 Å². The lowest BCUT2D eigenvalue weighted by molar-refractivity contribution is 0.855. The van der Waals surface area contributed by atoms with Gasteiger partial charge < -0.3 is 0 Å². The summed E-state index contributed by atoms with van der Waals surface area (Å²) < 4.78 is 0. The fourth-order valence-corrected chi connectivity index (χ4v) is 1.47. The molecule has 60 valence electrons. The molecule has 0 bridgehead atoms. The molecule has 1 aromatic rings. The van der Waals surface area contributed by atoms with E-state index in [0.717, 1.165) is 0 Å². The van der Waals surface area contributed by atoms with Crippen LogP contribution in [0.15, 0.2) is 18.2 Å². The van der Waals surface area contributed by atoms with Gasteiger partial charge in [0.1, 0.15) is 0 Å². The SMILES string of the molecule is Cc1ccc(C(C)C)c(C)c1. The van der Waals surface area contributed by atoms with E-state index in [-0.39, 0.29) is 0 Å². The zero-order valence-corrected chi connectivity index (χ0v) is 7.81. The van der Waals surface area contributed by atoms with Crippen LogP contribution >= 0.6 is 0 Å². The van der Waals surface area contributed by atoms with Crippen molar-refractivity contribution in [1.29, 1.82) is 0 Å². The van der Waals surface area contributed by atoms with Crippen molar-refractivity contribution in [3.8, 4) is 0 Å². The van der Waals surface area contributed by atoms with E-state index >= 15 is 0 Å². The topological polar surface area (TPSA) is 0 Å². The van der Waals surface area contributed by atoms with Gasteiger partial charge in [-0.15, -0.1) is 0 Å². The molecular formula is C11H16. The lowest BCUT2D eigenvalue weighted by Crippen LogP contribution is -1.91. The van der Waals surface area contributed by atoms with Crippen molar-refractivity contribution in [3.63, 3.8) is 0 Å². The van der Waals surface area contributed by atoms with E-state index in [4.69, 9.17) is 0 Å². The molecule has 1 rings (SSSR count). The van der Waals surface area contributed by atoms with Gasteiger partial charge in [0, 0.05) is 0 Å². The molecule has 0 N–H and O–H groups in total. The predicted octanol–water partition coefficient (Wildman–Crippen LogP) is 3.43. The van der Waals surface area contributed by atoms with Crippen molar-refractivity contribution in [2.45, 2.75) is 33.6 Å². The summed E-state index contributed by atoms with van der Waals surface area (Å²) in [5.74, 6) is 0.649. The summed E-state index contributed by atoms with van der Waals surface area (Å²) in [5.41, 5.74) is 4.24.